The average Bonchev–Trinajstić information content (AvgIpc) is 3.29. The Morgan fingerprint density at radius 3 is 2.35 bits per heavy atom. The van der Waals surface area contributed by atoms with Gasteiger partial charge in [0.25, 0.3) is 5.91 Å². The first-order valence-corrected chi connectivity index (χ1v) is 12.1. The van der Waals surface area contributed by atoms with Gasteiger partial charge in [-0.3, -0.25) is 4.79 Å². The SMILES string of the molecule is CC1CCN(C(=O)c2cnn3ccc(C4CCN(C(=O)Nc5ccc(F)cc5)CC4)cc23)CC1. The normalized spacial score (nSPS) is 17.8. The Bertz CT molecular complexity index is 1180. The molecule has 8 heteroatoms. The summed E-state index contributed by atoms with van der Waals surface area (Å²) in [5.74, 6) is 0.715. The van der Waals surface area contributed by atoms with Gasteiger partial charge in [0.15, 0.2) is 0 Å². The summed E-state index contributed by atoms with van der Waals surface area (Å²) in [6.07, 6.45) is 7.38. The van der Waals surface area contributed by atoms with Crippen molar-refractivity contribution >= 4 is 23.1 Å². The number of fused-ring (bicyclic) bond motifs is 1. The predicted molar refractivity (Wildman–Crippen MR) is 128 cm³/mol. The lowest BCUT2D eigenvalue weighted by molar-refractivity contribution is 0.0699. The highest BCUT2D eigenvalue weighted by atomic mass is 19.1. The third-order valence-corrected chi connectivity index (χ3v) is 7.20. The van der Waals surface area contributed by atoms with Crippen LogP contribution in [0, 0.1) is 11.7 Å². The standard InChI is InChI=1S/C26H30FN5O2/c1-18-6-11-30(12-7-18)25(33)23-17-28-32-15-10-20(16-24(23)32)19-8-13-31(14-9-19)26(34)29-22-4-2-21(27)3-5-22/h2-5,10,15-19H,6-9,11-14H2,1H3,(H,29,34). The summed E-state index contributed by atoms with van der Waals surface area (Å²) in [4.78, 5) is 29.5. The quantitative estimate of drug-likeness (QED) is 0.609. The number of hydrogen-bond acceptors (Lipinski definition) is 3. The van der Waals surface area contributed by atoms with Crippen LogP contribution in [0.1, 0.15) is 54.4 Å². The van der Waals surface area contributed by atoms with Crippen molar-refractivity contribution in [1.29, 1.82) is 0 Å². The minimum absolute atomic E-state index is 0.0614. The molecule has 0 aliphatic carbocycles. The number of urea groups is 1. The number of carbonyl (C=O) groups excluding carboxylic acids is 2. The van der Waals surface area contributed by atoms with E-state index in [1.165, 1.54) is 17.7 Å². The fraction of sp³-hybridized carbons (Fsp3) is 0.423. The zero-order valence-electron chi connectivity index (χ0n) is 19.4. The number of benzene rings is 1. The summed E-state index contributed by atoms with van der Waals surface area (Å²) in [6, 6.07) is 9.77. The first kappa shape index (κ1) is 22.4. The molecule has 178 valence electrons. The number of likely N-dealkylation sites (tertiary alicyclic amines) is 2. The maximum atomic E-state index is 13.2. The molecule has 0 bridgehead atoms. The molecular weight excluding hydrogens is 433 g/mol. The van der Waals surface area contributed by atoms with Gasteiger partial charge in [0.1, 0.15) is 5.82 Å². The van der Waals surface area contributed by atoms with Gasteiger partial charge in [0.2, 0.25) is 0 Å². The van der Waals surface area contributed by atoms with Crippen LogP contribution in [-0.2, 0) is 0 Å². The number of rotatable bonds is 3. The van der Waals surface area contributed by atoms with Crippen LogP contribution in [0.2, 0.25) is 0 Å². The molecule has 0 unspecified atom stereocenters. The summed E-state index contributed by atoms with van der Waals surface area (Å²) in [5, 5.41) is 7.24. The van der Waals surface area contributed by atoms with Crippen molar-refractivity contribution in [3.8, 4) is 0 Å². The lowest BCUT2D eigenvalue weighted by Gasteiger charge is -2.32. The van der Waals surface area contributed by atoms with Crippen molar-refractivity contribution in [3.63, 3.8) is 0 Å². The van der Waals surface area contributed by atoms with E-state index in [2.05, 4.69) is 29.5 Å². The van der Waals surface area contributed by atoms with Gasteiger partial charge in [-0.1, -0.05) is 6.92 Å². The number of hydrogen-bond donors (Lipinski definition) is 1. The van der Waals surface area contributed by atoms with Crippen LogP contribution in [0.5, 0.6) is 0 Å². The average molecular weight is 464 g/mol. The number of amides is 3. The molecule has 0 saturated carbocycles. The van der Waals surface area contributed by atoms with E-state index in [1.54, 1.807) is 27.7 Å². The van der Waals surface area contributed by atoms with Crippen LogP contribution in [0.3, 0.4) is 0 Å². The van der Waals surface area contributed by atoms with Gasteiger partial charge < -0.3 is 15.1 Å². The van der Waals surface area contributed by atoms with Gasteiger partial charge in [0, 0.05) is 38.1 Å². The number of pyridine rings is 1. The molecule has 5 rings (SSSR count). The molecule has 4 heterocycles. The van der Waals surface area contributed by atoms with E-state index < -0.39 is 0 Å². The Hall–Kier alpha value is -3.42. The Kier molecular flexibility index (Phi) is 6.22. The Morgan fingerprint density at radius 2 is 1.65 bits per heavy atom. The van der Waals surface area contributed by atoms with Crippen molar-refractivity contribution in [3.05, 3.63) is 65.7 Å². The van der Waals surface area contributed by atoms with E-state index >= 15 is 0 Å². The Balaban J connectivity index is 1.24. The number of nitrogens with zero attached hydrogens (tertiary/aromatic N) is 4. The van der Waals surface area contributed by atoms with Crippen molar-refractivity contribution in [1.82, 2.24) is 19.4 Å². The van der Waals surface area contributed by atoms with Gasteiger partial charge in [-0.2, -0.15) is 5.10 Å². The molecule has 3 aromatic rings. The number of halogens is 1. The lowest BCUT2D eigenvalue weighted by Crippen LogP contribution is -2.40. The predicted octanol–water partition coefficient (Wildman–Crippen LogP) is 4.76. The van der Waals surface area contributed by atoms with E-state index in [0.717, 1.165) is 44.3 Å². The largest absolute Gasteiger partial charge is 0.339 e. The monoisotopic (exact) mass is 463 g/mol. The molecule has 2 aliphatic rings. The number of piperidine rings is 2. The highest BCUT2D eigenvalue weighted by molar-refractivity contribution is 6.00. The molecule has 7 nitrogen and oxygen atoms in total. The number of anilines is 1. The molecule has 2 saturated heterocycles. The molecule has 2 fully saturated rings. The lowest BCUT2D eigenvalue weighted by atomic mass is 9.89. The van der Waals surface area contributed by atoms with E-state index in [9.17, 15) is 14.0 Å². The summed E-state index contributed by atoms with van der Waals surface area (Å²) in [7, 11) is 0. The fourth-order valence-corrected chi connectivity index (χ4v) is 4.95. The second-order valence-corrected chi connectivity index (χ2v) is 9.52. The highest BCUT2D eigenvalue weighted by Gasteiger charge is 2.26. The molecule has 3 amide bonds. The third-order valence-electron chi connectivity index (χ3n) is 7.20. The first-order chi connectivity index (χ1) is 16.5. The zero-order valence-corrected chi connectivity index (χ0v) is 19.4. The van der Waals surface area contributed by atoms with E-state index in [-0.39, 0.29) is 17.8 Å². The topological polar surface area (TPSA) is 70.0 Å². The van der Waals surface area contributed by atoms with E-state index in [1.807, 2.05) is 11.1 Å². The number of aromatic nitrogens is 2. The maximum absolute atomic E-state index is 13.2. The van der Waals surface area contributed by atoms with Gasteiger partial charge in [-0.05, 0) is 79.5 Å². The van der Waals surface area contributed by atoms with E-state index in [4.69, 9.17) is 0 Å². The minimum Gasteiger partial charge on any atom is -0.339 e. The molecule has 1 aromatic carbocycles. The molecule has 2 aromatic heterocycles. The molecule has 0 atom stereocenters. The van der Waals surface area contributed by atoms with Crippen molar-refractivity contribution in [2.24, 2.45) is 5.92 Å². The second-order valence-electron chi connectivity index (χ2n) is 9.52. The molecule has 2 aliphatic heterocycles. The minimum atomic E-state index is -0.329. The smallest absolute Gasteiger partial charge is 0.321 e. The Labute approximate surface area is 198 Å². The Morgan fingerprint density at radius 1 is 0.971 bits per heavy atom. The summed E-state index contributed by atoms with van der Waals surface area (Å²) in [6.45, 7) is 5.12. The highest BCUT2D eigenvalue weighted by Crippen LogP contribution is 2.30. The molecule has 1 N–H and O–H groups in total. The molecular formula is C26H30FN5O2. The van der Waals surface area contributed by atoms with Crippen LogP contribution >= 0.6 is 0 Å². The van der Waals surface area contributed by atoms with Crippen molar-refractivity contribution < 1.29 is 14.0 Å². The van der Waals surface area contributed by atoms with Crippen molar-refractivity contribution in [2.75, 3.05) is 31.5 Å². The molecule has 34 heavy (non-hydrogen) atoms. The first-order valence-electron chi connectivity index (χ1n) is 12.1. The maximum Gasteiger partial charge on any atom is 0.321 e. The number of carbonyl (C=O) groups is 2. The summed E-state index contributed by atoms with van der Waals surface area (Å²) in [5.41, 5.74) is 3.26. The van der Waals surface area contributed by atoms with Gasteiger partial charge in [-0.25, -0.2) is 13.7 Å². The van der Waals surface area contributed by atoms with Gasteiger partial charge in [0.05, 0.1) is 17.3 Å². The van der Waals surface area contributed by atoms with Crippen LogP contribution in [0.25, 0.3) is 5.52 Å². The molecule has 0 radical (unpaired) electrons. The van der Waals surface area contributed by atoms with Crippen molar-refractivity contribution in [2.45, 2.75) is 38.5 Å². The summed E-state index contributed by atoms with van der Waals surface area (Å²) >= 11 is 0. The zero-order chi connectivity index (χ0) is 23.7. The second kappa shape index (κ2) is 9.44. The van der Waals surface area contributed by atoms with Gasteiger partial charge >= 0.3 is 6.03 Å². The van der Waals surface area contributed by atoms with Crippen LogP contribution in [-0.4, -0.2) is 57.5 Å². The van der Waals surface area contributed by atoms with E-state index in [0.29, 0.717) is 36.2 Å². The van der Waals surface area contributed by atoms with Gasteiger partial charge in [-0.15, -0.1) is 0 Å². The van der Waals surface area contributed by atoms with Crippen LogP contribution < -0.4 is 5.32 Å². The third kappa shape index (κ3) is 4.62. The number of nitrogens with one attached hydrogen (secondary N) is 1. The van der Waals surface area contributed by atoms with Crippen LogP contribution in [0.15, 0.2) is 48.8 Å². The summed E-state index contributed by atoms with van der Waals surface area (Å²) < 4.78 is 14.9. The fourth-order valence-electron chi connectivity index (χ4n) is 4.95. The molecule has 0 spiro atoms. The van der Waals surface area contributed by atoms with Crippen LogP contribution in [0.4, 0.5) is 14.9 Å².